The van der Waals surface area contributed by atoms with Gasteiger partial charge in [0.15, 0.2) is 6.10 Å². The normalized spacial score (nSPS) is 15.5. The summed E-state index contributed by atoms with van der Waals surface area (Å²) >= 11 is 0. The highest BCUT2D eigenvalue weighted by Gasteiger charge is 2.28. The molecule has 1 fully saturated rings. The monoisotopic (exact) mass is 449 g/mol. The number of hydrogen-bond acceptors (Lipinski definition) is 5. The number of sulfonamides is 1. The molecular formula is C22H28FN3O4S. The van der Waals surface area contributed by atoms with Gasteiger partial charge in [-0.3, -0.25) is 9.10 Å². The van der Waals surface area contributed by atoms with Crippen molar-refractivity contribution in [1.29, 1.82) is 0 Å². The van der Waals surface area contributed by atoms with Crippen molar-refractivity contribution in [2.75, 3.05) is 48.7 Å². The van der Waals surface area contributed by atoms with Crippen molar-refractivity contribution < 1.29 is 22.3 Å². The van der Waals surface area contributed by atoms with E-state index >= 15 is 0 Å². The molecule has 1 aliphatic rings. The molecule has 168 valence electrons. The molecule has 31 heavy (non-hydrogen) atoms. The standard InChI is InChI=1S/C22H28FN3O4S/c1-4-21(30-20-11-9-18(10-12-20)24(2)31(3,28)29)22(27)26-15-13-25(14-16-26)19-7-5-17(23)6-8-19/h5-12,21H,4,13-16H2,1-3H3/t21-/m0/s1. The van der Waals surface area contributed by atoms with E-state index < -0.39 is 16.1 Å². The van der Waals surface area contributed by atoms with E-state index in [2.05, 4.69) is 4.90 Å². The van der Waals surface area contributed by atoms with Crippen LogP contribution >= 0.6 is 0 Å². The summed E-state index contributed by atoms with van der Waals surface area (Å²) < 4.78 is 43.5. The number of hydrogen-bond donors (Lipinski definition) is 0. The first-order valence-electron chi connectivity index (χ1n) is 10.2. The Morgan fingerprint density at radius 3 is 2.16 bits per heavy atom. The van der Waals surface area contributed by atoms with Crippen molar-refractivity contribution in [3.05, 3.63) is 54.3 Å². The summed E-state index contributed by atoms with van der Waals surface area (Å²) in [6.07, 6.45) is 1.04. The molecule has 0 aromatic heterocycles. The number of carbonyl (C=O) groups is 1. The van der Waals surface area contributed by atoms with Crippen LogP contribution in [0, 0.1) is 5.82 Å². The van der Waals surface area contributed by atoms with Crippen LogP contribution in [0.1, 0.15) is 13.3 Å². The smallest absolute Gasteiger partial charge is 0.263 e. The van der Waals surface area contributed by atoms with Crippen LogP contribution in [-0.2, 0) is 14.8 Å². The lowest BCUT2D eigenvalue weighted by molar-refractivity contribution is -0.139. The summed E-state index contributed by atoms with van der Waals surface area (Å²) in [6.45, 7) is 4.35. The lowest BCUT2D eigenvalue weighted by atomic mass is 10.2. The Kier molecular flexibility index (Phi) is 7.04. The number of nitrogens with zero attached hydrogens (tertiary/aromatic N) is 3. The Morgan fingerprint density at radius 2 is 1.65 bits per heavy atom. The van der Waals surface area contributed by atoms with Gasteiger partial charge in [0.1, 0.15) is 11.6 Å². The van der Waals surface area contributed by atoms with Gasteiger partial charge < -0.3 is 14.5 Å². The van der Waals surface area contributed by atoms with Gasteiger partial charge in [0.2, 0.25) is 10.0 Å². The van der Waals surface area contributed by atoms with Crippen LogP contribution < -0.4 is 13.9 Å². The molecule has 0 spiro atoms. The maximum Gasteiger partial charge on any atom is 0.263 e. The first kappa shape index (κ1) is 22.9. The van der Waals surface area contributed by atoms with Crippen molar-refractivity contribution in [1.82, 2.24) is 4.90 Å². The zero-order chi connectivity index (χ0) is 22.6. The van der Waals surface area contributed by atoms with E-state index in [0.717, 1.165) is 11.9 Å². The van der Waals surface area contributed by atoms with Crippen molar-refractivity contribution in [3.8, 4) is 5.75 Å². The van der Waals surface area contributed by atoms with Gasteiger partial charge in [-0.1, -0.05) is 6.92 Å². The first-order valence-corrected chi connectivity index (χ1v) is 12.0. The van der Waals surface area contributed by atoms with Crippen molar-refractivity contribution >= 4 is 27.3 Å². The molecule has 0 N–H and O–H groups in total. The fourth-order valence-corrected chi connectivity index (χ4v) is 3.94. The third-order valence-corrected chi connectivity index (χ3v) is 6.61. The van der Waals surface area contributed by atoms with Crippen LogP contribution in [0.2, 0.25) is 0 Å². The molecule has 0 unspecified atom stereocenters. The number of rotatable bonds is 7. The fourth-order valence-electron chi connectivity index (χ4n) is 3.44. The third-order valence-electron chi connectivity index (χ3n) is 5.41. The molecule has 0 bridgehead atoms. The summed E-state index contributed by atoms with van der Waals surface area (Å²) in [5, 5.41) is 0. The van der Waals surface area contributed by atoms with Gasteiger partial charge in [0, 0.05) is 38.9 Å². The number of benzene rings is 2. The minimum absolute atomic E-state index is 0.0708. The Hall–Kier alpha value is -2.81. The molecule has 2 aromatic carbocycles. The third kappa shape index (κ3) is 5.66. The zero-order valence-electron chi connectivity index (χ0n) is 18.0. The summed E-state index contributed by atoms with van der Waals surface area (Å²) in [5.74, 6) is 0.172. The molecule has 2 aromatic rings. The van der Waals surface area contributed by atoms with Gasteiger partial charge in [-0.25, -0.2) is 12.8 Å². The lowest BCUT2D eigenvalue weighted by Gasteiger charge is -2.37. The quantitative estimate of drug-likeness (QED) is 0.650. The van der Waals surface area contributed by atoms with E-state index in [1.54, 1.807) is 41.3 Å². The van der Waals surface area contributed by atoms with Crippen molar-refractivity contribution in [3.63, 3.8) is 0 Å². The van der Waals surface area contributed by atoms with E-state index in [0.29, 0.717) is 44.0 Å². The van der Waals surface area contributed by atoms with E-state index in [-0.39, 0.29) is 11.7 Å². The van der Waals surface area contributed by atoms with Gasteiger partial charge >= 0.3 is 0 Å². The molecule has 7 nitrogen and oxygen atoms in total. The van der Waals surface area contributed by atoms with Crippen LogP contribution in [0.4, 0.5) is 15.8 Å². The van der Waals surface area contributed by atoms with E-state index in [1.165, 1.54) is 23.5 Å². The first-order chi connectivity index (χ1) is 14.7. The average Bonchev–Trinajstić information content (AvgIpc) is 2.77. The topological polar surface area (TPSA) is 70.2 Å². The molecule has 9 heteroatoms. The molecule has 1 saturated heterocycles. The summed E-state index contributed by atoms with van der Waals surface area (Å²) in [6, 6.07) is 13.0. The van der Waals surface area contributed by atoms with Crippen LogP contribution in [-0.4, -0.2) is 64.8 Å². The van der Waals surface area contributed by atoms with Crippen molar-refractivity contribution in [2.45, 2.75) is 19.4 Å². The minimum atomic E-state index is -3.34. The highest BCUT2D eigenvalue weighted by atomic mass is 32.2. The highest BCUT2D eigenvalue weighted by molar-refractivity contribution is 7.92. The van der Waals surface area contributed by atoms with E-state index in [1.807, 2.05) is 6.92 Å². The molecule has 1 heterocycles. The predicted molar refractivity (Wildman–Crippen MR) is 120 cm³/mol. The molecule has 1 aliphatic heterocycles. The minimum Gasteiger partial charge on any atom is -0.481 e. The summed E-state index contributed by atoms with van der Waals surface area (Å²) in [4.78, 5) is 16.9. The van der Waals surface area contributed by atoms with Crippen LogP contribution in [0.15, 0.2) is 48.5 Å². The number of anilines is 2. The van der Waals surface area contributed by atoms with Gasteiger partial charge in [-0.2, -0.15) is 0 Å². The molecule has 0 radical (unpaired) electrons. The molecule has 1 atom stereocenters. The number of piperazine rings is 1. The summed E-state index contributed by atoms with van der Waals surface area (Å²) in [7, 11) is -1.86. The van der Waals surface area contributed by atoms with Gasteiger partial charge in [-0.15, -0.1) is 0 Å². The zero-order valence-corrected chi connectivity index (χ0v) is 18.8. The van der Waals surface area contributed by atoms with E-state index in [4.69, 9.17) is 4.74 Å². The van der Waals surface area contributed by atoms with Crippen LogP contribution in [0.3, 0.4) is 0 Å². The SMILES string of the molecule is CC[C@H](Oc1ccc(N(C)S(C)(=O)=O)cc1)C(=O)N1CCN(c2ccc(F)cc2)CC1. The van der Waals surface area contributed by atoms with Crippen molar-refractivity contribution in [2.24, 2.45) is 0 Å². The largest absolute Gasteiger partial charge is 0.481 e. The van der Waals surface area contributed by atoms with Gasteiger partial charge in [0.25, 0.3) is 5.91 Å². The Morgan fingerprint density at radius 1 is 1.06 bits per heavy atom. The van der Waals surface area contributed by atoms with Gasteiger partial charge in [-0.05, 0) is 55.0 Å². The second kappa shape index (κ2) is 9.55. The van der Waals surface area contributed by atoms with Crippen LogP contribution in [0.25, 0.3) is 0 Å². The Labute approximate surface area is 183 Å². The number of ether oxygens (including phenoxy) is 1. The maximum absolute atomic E-state index is 13.1. The molecule has 3 rings (SSSR count). The predicted octanol–water partition coefficient (Wildman–Crippen LogP) is 2.73. The molecule has 0 saturated carbocycles. The summed E-state index contributed by atoms with van der Waals surface area (Å²) in [5.41, 5.74) is 1.46. The molecule has 1 amide bonds. The molecule has 0 aliphatic carbocycles. The fraction of sp³-hybridized carbons (Fsp3) is 0.409. The Balaban J connectivity index is 1.58. The maximum atomic E-state index is 13.1. The number of carbonyl (C=O) groups excluding carboxylic acids is 1. The number of amides is 1. The Bertz CT molecular complexity index is 988. The van der Waals surface area contributed by atoms with E-state index in [9.17, 15) is 17.6 Å². The van der Waals surface area contributed by atoms with Gasteiger partial charge in [0.05, 0.1) is 11.9 Å². The second-order valence-electron chi connectivity index (χ2n) is 7.53. The average molecular weight is 450 g/mol. The van der Waals surface area contributed by atoms with Crippen LogP contribution in [0.5, 0.6) is 5.75 Å². The number of halogens is 1. The second-order valence-corrected chi connectivity index (χ2v) is 9.54. The molecular weight excluding hydrogens is 421 g/mol. The lowest BCUT2D eigenvalue weighted by Crippen LogP contribution is -2.52. The highest BCUT2D eigenvalue weighted by Crippen LogP contribution is 2.23.